The first-order chi connectivity index (χ1) is 9.74. The van der Waals surface area contributed by atoms with Crippen LogP contribution in [0.1, 0.15) is 17.2 Å². The Kier molecular flexibility index (Phi) is 3.44. The van der Waals surface area contributed by atoms with Crippen LogP contribution in [0.2, 0.25) is 0 Å². The van der Waals surface area contributed by atoms with Crippen LogP contribution in [0.3, 0.4) is 0 Å². The van der Waals surface area contributed by atoms with E-state index in [9.17, 15) is 4.39 Å². The van der Waals surface area contributed by atoms with Crippen molar-refractivity contribution in [3.8, 4) is 0 Å². The van der Waals surface area contributed by atoms with Gasteiger partial charge in [-0.25, -0.2) is 4.39 Å². The van der Waals surface area contributed by atoms with Gasteiger partial charge in [0.25, 0.3) is 0 Å². The maximum absolute atomic E-state index is 13.7. The summed E-state index contributed by atoms with van der Waals surface area (Å²) < 4.78 is 13.7. The largest absolute Gasteiger partial charge is 0.324 e. The summed E-state index contributed by atoms with van der Waals surface area (Å²) >= 11 is 0. The van der Waals surface area contributed by atoms with E-state index < -0.39 is 0 Å². The molecule has 0 spiro atoms. The molecule has 2 nitrogen and oxygen atoms in total. The quantitative estimate of drug-likeness (QED) is 0.786. The van der Waals surface area contributed by atoms with Crippen LogP contribution in [0.25, 0.3) is 10.8 Å². The summed E-state index contributed by atoms with van der Waals surface area (Å²) in [4.78, 5) is 3.74. The molecule has 3 heteroatoms. The molecule has 20 heavy (non-hydrogen) atoms. The molecule has 0 fully saturated rings. The zero-order valence-corrected chi connectivity index (χ0v) is 11.0. The molecule has 3 aromatic rings. The Labute approximate surface area is 117 Å². The van der Waals surface area contributed by atoms with E-state index in [-0.39, 0.29) is 11.9 Å². The standard InChI is InChI=1S/C17H15FN2/c18-16-11-20-8-7-15(16)17(19)10-12-5-6-13-3-1-2-4-14(13)9-12/h1-9,11,17H,10,19H2. The Morgan fingerprint density at radius 3 is 2.65 bits per heavy atom. The molecular weight excluding hydrogens is 251 g/mol. The molecule has 1 atom stereocenters. The summed E-state index contributed by atoms with van der Waals surface area (Å²) in [6, 6.07) is 15.7. The second-order valence-electron chi connectivity index (χ2n) is 4.89. The molecule has 0 amide bonds. The van der Waals surface area contributed by atoms with Gasteiger partial charge in [-0.3, -0.25) is 4.98 Å². The van der Waals surface area contributed by atoms with Crippen molar-refractivity contribution < 1.29 is 4.39 Å². The fraction of sp³-hybridized carbons (Fsp3) is 0.118. The molecule has 1 heterocycles. The van der Waals surface area contributed by atoms with Crippen molar-refractivity contribution in [1.82, 2.24) is 4.98 Å². The normalized spacial score (nSPS) is 12.5. The number of rotatable bonds is 3. The second kappa shape index (κ2) is 5.39. The van der Waals surface area contributed by atoms with Gasteiger partial charge in [0.15, 0.2) is 0 Å². The highest BCUT2D eigenvalue weighted by molar-refractivity contribution is 5.83. The lowest BCUT2D eigenvalue weighted by Crippen LogP contribution is -2.15. The minimum Gasteiger partial charge on any atom is -0.324 e. The molecule has 2 aromatic carbocycles. The van der Waals surface area contributed by atoms with E-state index in [4.69, 9.17) is 5.73 Å². The summed E-state index contributed by atoms with van der Waals surface area (Å²) in [5.74, 6) is -0.346. The van der Waals surface area contributed by atoms with Gasteiger partial charge in [0.2, 0.25) is 0 Å². The maximum atomic E-state index is 13.7. The van der Waals surface area contributed by atoms with Gasteiger partial charge in [-0.15, -0.1) is 0 Å². The van der Waals surface area contributed by atoms with Gasteiger partial charge < -0.3 is 5.73 Å². The van der Waals surface area contributed by atoms with Crippen molar-refractivity contribution >= 4 is 10.8 Å². The Bertz CT molecular complexity index is 740. The van der Waals surface area contributed by atoms with Crippen LogP contribution in [0, 0.1) is 5.82 Å². The second-order valence-corrected chi connectivity index (χ2v) is 4.89. The highest BCUT2D eigenvalue weighted by Gasteiger charge is 2.12. The molecule has 2 N–H and O–H groups in total. The average Bonchev–Trinajstić information content (AvgIpc) is 2.47. The Hall–Kier alpha value is -2.26. The van der Waals surface area contributed by atoms with Gasteiger partial charge in [0.05, 0.1) is 6.20 Å². The summed E-state index contributed by atoms with van der Waals surface area (Å²) in [6.45, 7) is 0. The van der Waals surface area contributed by atoms with Crippen molar-refractivity contribution in [1.29, 1.82) is 0 Å². The Morgan fingerprint density at radius 2 is 1.85 bits per heavy atom. The van der Waals surface area contributed by atoms with E-state index in [1.165, 1.54) is 17.0 Å². The summed E-state index contributed by atoms with van der Waals surface area (Å²) in [5, 5.41) is 2.37. The summed E-state index contributed by atoms with van der Waals surface area (Å²) in [7, 11) is 0. The van der Waals surface area contributed by atoms with Crippen LogP contribution in [-0.2, 0) is 6.42 Å². The smallest absolute Gasteiger partial charge is 0.146 e. The van der Waals surface area contributed by atoms with Gasteiger partial charge in [0.1, 0.15) is 5.82 Å². The van der Waals surface area contributed by atoms with E-state index in [0.717, 1.165) is 5.56 Å². The van der Waals surface area contributed by atoms with E-state index in [1.807, 2.05) is 18.2 Å². The van der Waals surface area contributed by atoms with Gasteiger partial charge >= 0.3 is 0 Å². The predicted octanol–water partition coefficient (Wildman–Crippen LogP) is 3.62. The Balaban J connectivity index is 1.87. The molecule has 0 aliphatic carbocycles. The van der Waals surface area contributed by atoms with Crippen molar-refractivity contribution in [3.63, 3.8) is 0 Å². The summed E-state index contributed by atoms with van der Waals surface area (Å²) in [5.41, 5.74) is 7.72. The zero-order valence-electron chi connectivity index (χ0n) is 11.0. The number of nitrogens with zero attached hydrogens (tertiary/aromatic N) is 1. The lowest BCUT2D eigenvalue weighted by molar-refractivity contribution is 0.574. The first-order valence-corrected chi connectivity index (χ1v) is 6.57. The Morgan fingerprint density at radius 1 is 1.05 bits per heavy atom. The third-order valence-electron chi connectivity index (χ3n) is 3.47. The fourth-order valence-electron chi connectivity index (χ4n) is 2.42. The number of nitrogens with two attached hydrogens (primary N) is 1. The number of fused-ring (bicyclic) bond motifs is 1. The number of halogens is 1. The molecule has 3 rings (SSSR count). The minimum absolute atomic E-state index is 0.346. The molecule has 0 bridgehead atoms. The number of aromatic nitrogens is 1. The molecule has 0 saturated carbocycles. The van der Waals surface area contributed by atoms with Gasteiger partial charge in [-0.2, -0.15) is 0 Å². The van der Waals surface area contributed by atoms with Crippen LogP contribution >= 0.6 is 0 Å². The van der Waals surface area contributed by atoms with Gasteiger partial charge in [-0.1, -0.05) is 42.5 Å². The van der Waals surface area contributed by atoms with Crippen molar-refractivity contribution in [3.05, 3.63) is 77.9 Å². The third kappa shape index (κ3) is 2.53. The summed E-state index contributed by atoms with van der Waals surface area (Å²) in [6.07, 6.45) is 3.38. The van der Waals surface area contributed by atoms with E-state index in [0.29, 0.717) is 12.0 Å². The molecule has 0 radical (unpaired) electrons. The molecule has 0 saturated heterocycles. The first-order valence-electron chi connectivity index (χ1n) is 6.57. The average molecular weight is 266 g/mol. The lowest BCUT2D eigenvalue weighted by Gasteiger charge is -2.13. The molecule has 1 unspecified atom stereocenters. The van der Waals surface area contributed by atoms with Crippen LogP contribution < -0.4 is 5.73 Å². The number of hydrogen-bond acceptors (Lipinski definition) is 2. The molecule has 0 aliphatic heterocycles. The predicted molar refractivity (Wildman–Crippen MR) is 78.8 cm³/mol. The van der Waals surface area contributed by atoms with Crippen LogP contribution in [0.4, 0.5) is 4.39 Å². The van der Waals surface area contributed by atoms with Crippen molar-refractivity contribution in [2.24, 2.45) is 5.73 Å². The lowest BCUT2D eigenvalue weighted by atomic mass is 9.98. The van der Waals surface area contributed by atoms with E-state index in [2.05, 4.69) is 29.2 Å². The maximum Gasteiger partial charge on any atom is 0.146 e. The topological polar surface area (TPSA) is 38.9 Å². The highest BCUT2D eigenvalue weighted by atomic mass is 19.1. The number of hydrogen-bond donors (Lipinski definition) is 1. The van der Waals surface area contributed by atoms with Gasteiger partial charge in [-0.05, 0) is 28.8 Å². The van der Waals surface area contributed by atoms with Crippen LogP contribution in [0.5, 0.6) is 0 Å². The molecule has 100 valence electrons. The van der Waals surface area contributed by atoms with Crippen molar-refractivity contribution in [2.75, 3.05) is 0 Å². The molecule has 1 aromatic heterocycles. The van der Waals surface area contributed by atoms with Crippen molar-refractivity contribution in [2.45, 2.75) is 12.5 Å². The molecule has 0 aliphatic rings. The SMILES string of the molecule is NC(Cc1ccc2ccccc2c1)c1ccncc1F. The third-order valence-corrected chi connectivity index (χ3v) is 3.47. The van der Waals surface area contributed by atoms with E-state index in [1.54, 1.807) is 12.3 Å². The minimum atomic E-state index is -0.362. The first kappa shape index (κ1) is 12.8. The van der Waals surface area contributed by atoms with Crippen LogP contribution in [-0.4, -0.2) is 4.98 Å². The monoisotopic (exact) mass is 266 g/mol. The fourth-order valence-corrected chi connectivity index (χ4v) is 2.42. The van der Waals surface area contributed by atoms with Crippen LogP contribution in [0.15, 0.2) is 60.9 Å². The van der Waals surface area contributed by atoms with Gasteiger partial charge in [0, 0.05) is 17.8 Å². The number of pyridine rings is 1. The van der Waals surface area contributed by atoms with E-state index >= 15 is 0 Å². The highest BCUT2D eigenvalue weighted by Crippen LogP contribution is 2.21. The zero-order chi connectivity index (χ0) is 13.9. The molecular formula is C17H15FN2. The number of benzene rings is 2.